The van der Waals surface area contributed by atoms with Crippen LogP contribution in [0.1, 0.15) is 24.7 Å². The predicted octanol–water partition coefficient (Wildman–Crippen LogP) is 3.95. The Labute approximate surface area is 196 Å². The number of methoxy groups -OCH3 is 2. The first-order valence-corrected chi connectivity index (χ1v) is 11.4. The van der Waals surface area contributed by atoms with Crippen LogP contribution >= 0.6 is 0 Å². The molecular formula is C26H27N5O3. The zero-order valence-corrected chi connectivity index (χ0v) is 19.6. The molecule has 0 saturated heterocycles. The standard InChI is InChI=1S/C26H27N5O3/c1-4-21-29-24-22(26(32)30(21)14-7-15-33-2)23-25(28-20-9-6-5-8-19(20)27-23)31(24)16-17-10-12-18(34-3)13-11-17/h5-6,8-13H,4,7,14-16H2,1-3H3. The summed E-state index contributed by atoms with van der Waals surface area (Å²) >= 11 is 0. The Kier molecular flexibility index (Phi) is 5.98. The summed E-state index contributed by atoms with van der Waals surface area (Å²) in [6, 6.07) is 15.6. The number of para-hydroxylation sites is 2. The summed E-state index contributed by atoms with van der Waals surface area (Å²) in [6.45, 7) is 3.66. The molecule has 8 nitrogen and oxygen atoms in total. The molecule has 0 unspecified atom stereocenters. The van der Waals surface area contributed by atoms with Gasteiger partial charge in [0.25, 0.3) is 5.56 Å². The van der Waals surface area contributed by atoms with E-state index >= 15 is 0 Å². The van der Waals surface area contributed by atoms with Gasteiger partial charge in [-0.05, 0) is 36.2 Å². The van der Waals surface area contributed by atoms with Crippen molar-refractivity contribution in [1.29, 1.82) is 0 Å². The summed E-state index contributed by atoms with van der Waals surface area (Å²) in [4.78, 5) is 28.5. The van der Waals surface area contributed by atoms with E-state index in [1.165, 1.54) is 0 Å². The predicted molar refractivity (Wildman–Crippen MR) is 133 cm³/mol. The number of benzene rings is 2. The van der Waals surface area contributed by atoms with E-state index in [4.69, 9.17) is 24.4 Å². The first kappa shape index (κ1) is 22.0. The molecule has 0 aliphatic rings. The average molecular weight is 458 g/mol. The molecule has 0 bridgehead atoms. The highest BCUT2D eigenvalue weighted by Gasteiger charge is 2.22. The highest BCUT2D eigenvalue weighted by molar-refractivity contribution is 6.04. The van der Waals surface area contributed by atoms with E-state index in [-0.39, 0.29) is 5.56 Å². The van der Waals surface area contributed by atoms with Crippen LogP contribution in [0.25, 0.3) is 33.2 Å². The highest BCUT2D eigenvalue weighted by atomic mass is 16.5. The third kappa shape index (κ3) is 3.80. The van der Waals surface area contributed by atoms with Gasteiger partial charge in [0.15, 0.2) is 11.3 Å². The SMILES string of the molecule is CCc1nc2c(c(=O)n1CCCOC)c1nc3ccccc3nc1n2Cc1ccc(OC)cc1. The number of nitrogens with zero attached hydrogens (tertiary/aromatic N) is 5. The summed E-state index contributed by atoms with van der Waals surface area (Å²) in [7, 11) is 3.31. The van der Waals surface area contributed by atoms with Gasteiger partial charge in [0, 0.05) is 26.7 Å². The highest BCUT2D eigenvalue weighted by Crippen LogP contribution is 2.27. The molecule has 0 saturated carbocycles. The van der Waals surface area contributed by atoms with Crippen LogP contribution in [0.4, 0.5) is 0 Å². The van der Waals surface area contributed by atoms with Crippen molar-refractivity contribution in [2.24, 2.45) is 0 Å². The average Bonchev–Trinajstić information content (AvgIpc) is 3.16. The molecule has 0 N–H and O–H groups in total. The Morgan fingerprint density at radius 3 is 2.29 bits per heavy atom. The van der Waals surface area contributed by atoms with E-state index < -0.39 is 0 Å². The number of rotatable bonds is 8. The molecule has 0 aliphatic heterocycles. The minimum atomic E-state index is -0.0824. The fourth-order valence-corrected chi connectivity index (χ4v) is 4.37. The van der Waals surface area contributed by atoms with Gasteiger partial charge < -0.3 is 14.0 Å². The number of hydrogen-bond donors (Lipinski definition) is 0. The molecule has 0 atom stereocenters. The van der Waals surface area contributed by atoms with Crippen molar-refractivity contribution in [2.45, 2.75) is 32.9 Å². The van der Waals surface area contributed by atoms with Crippen molar-refractivity contribution in [3.8, 4) is 5.75 Å². The Hall–Kier alpha value is -3.78. The largest absolute Gasteiger partial charge is 0.497 e. The van der Waals surface area contributed by atoms with E-state index in [9.17, 15) is 4.79 Å². The van der Waals surface area contributed by atoms with Crippen molar-refractivity contribution in [3.05, 3.63) is 70.3 Å². The smallest absolute Gasteiger partial charge is 0.265 e. The summed E-state index contributed by atoms with van der Waals surface area (Å²) < 4.78 is 14.3. The second kappa shape index (κ2) is 9.23. The van der Waals surface area contributed by atoms with Crippen LogP contribution in [0.5, 0.6) is 5.75 Å². The van der Waals surface area contributed by atoms with Gasteiger partial charge in [-0.2, -0.15) is 0 Å². The number of fused-ring (bicyclic) bond motifs is 4. The van der Waals surface area contributed by atoms with E-state index in [0.29, 0.717) is 48.3 Å². The lowest BCUT2D eigenvalue weighted by molar-refractivity contribution is 0.189. The third-order valence-corrected chi connectivity index (χ3v) is 6.08. The Bertz CT molecular complexity index is 1540. The van der Waals surface area contributed by atoms with Gasteiger partial charge in [-0.15, -0.1) is 0 Å². The van der Waals surface area contributed by atoms with Gasteiger partial charge in [-0.25, -0.2) is 15.0 Å². The molecular weight excluding hydrogens is 430 g/mol. The van der Waals surface area contributed by atoms with E-state index in [0.717, 1.165) is 34.6 Å². The van der Waals surface area contributed by atoms with Crippen LogP contribution in [-0.2, 0) is 24.2 Å². The fraction of sp³-hybridized carbons (Fsp3) is 0.308. The Morgan fingerprint density at radius 2 is 1.62 bits per heavy atom. The van der Waals surface area contributed by atoms with Crippen LogP contribution in [0.3, 0.4) is 0 Å². The van der Waals surface area contributed by atoms with Crippen molar-refractivity contribution < 1.29 is 9.47 Å². The maximum atomic E-state index is 13.8. The van der Waals surface area contributed by atoms with Gasteiger partial charge in [0.1, 0.15) is 22.5 Å². The molecule has 5 aromatic rings. The zero-order chi connectivity index (χ0) is 23.7. The minimum Gasteiger partial charge on any atom is -0.497 e. The second-order valence-corrected chi connectivity index (χ2v) is 8.20. The zero-order valence-electron chi connectivity index (χ0n) is 19.6. The van der Waals surface area contributed by atoms with Crippen LogP contribution in [-0.4, -0.2) is 44.9 Å². The van der Waals surface area contributed by atoms with Crippen molar-refractivity contribution in [1.82, 2.24) is 24.1 Å². The molecule has 8 heteroatoms. The summed E-state index contributed by atoms with van der Waals surface area (Å²) in [5.74, 6) is 1.54. The molecule has 0 aliphatic carbocycles. The molecule has 2 aromatic carbocycles. The van der Waals surface area contributed by atoms with Crippen LogP contribution < -0.4 is 10.3 Å². The fourth-order valence-electron chi connectivity index (χ4n) is 4.37. The maximum Gasteiger partial charge on any atom is 0.265 e. The molecule has 3 aromatic heterocycles. The molecule has 174 valence electrons. The first-order chi connectivity index (χ1) is 16.6. The van der Waals surface area contributed by atoms with E-state index in [2.05, 4.69) is 0 Å². The van der Waals surface area contributed by atoms with E-state index in [1.807, 2.05) is 60.0 Å². The maximum absolute atomic E-state index is 13.8. The van der Waals surface area contributed by atoms with Crippen molar-refractivity contribution >= 4 is 33.2 Å². The molecule has 0 radical (unpaired) electrons. The number of ether oxygens (including phenoxy) is 2. The summed E-state index contributed by atoms with van der Waals surface area (Å²) in [6.07, 6.45) is 1.38. The first-order valence-electron chi connectivity index (χ1n) is 11.4. The quantitative estimate of drug-likeness (QED) is 0.328. The second-order valence-electron chi connectivity index (χ2n) is 8.20. The number of aryl methyl sites for hydroxylation is 1. The van der Waals surface area contributed by atoms with E-state index in [1.54, 1.807) is 18.8 Å². The van der Waals surface area contributed by atoms with Crippen molar-refractivity contribution in [2.75, 3.05) is 20.8 Å². The van der Waals surface area contributed by atoms with Crippen molar-refractivity contribution in [3.63, 3.8) is 0 Å². The lowest BCUT2D eigenvalue weighted by Gasteiger charge is -2.12. The third-order valence-electron chi connectivity index (χ3n) is 6.08. The minimum absolute atomic E-state index is 0.0824. The van der Waals surface area contributed by atoms with Gasteiger partial charge in [-0.1, -0.05) is 31.2 Å². The summed E-state index contributed by atoms with van der Waals surface area (Å²) in [5, 5.41) is 0.511. The lowest BCUT2D eigenvalue weighted by atomic mass is 10.2. The molecule has 3 heterocycles. The lowest BCUT2D eigenvalue weighted by Crippen LogP contribution is -2.26. The number of aromatic nitrogens is 5. The van der Waals surface area contributed by atoms with Gasteiger partial charge in [0.05, 0.1) is 24.7 Å². The molecule has 0 amide bonds. The van der Waals surface area contributed by atoms with Gasteiger partial charge >= 0.3 is 0 Å². The Balaban J connectivity index is 1.79. The summed E-state index contributed by atoms with van der Waals surface area (Å²) in [5.41, 5.74) is 4.37. The van der Waals surface area contributed by atoms with Crippen LogP contribution in [0, 0.1) is 0 Å². The van der Waals surface area contributed by atoms with Gasteiger partial charge in [0.2, 0.25) is 0 Å². The normalized spacial score (nSPS) is 11.6. The monoisotopic (exact) mass is 457 g/mol. The van der Waals surface area contributed by atoms with Crippen LogP contribution in [0.2, 0.25) is 0 Å². The molecule has 0 spiro atoms. The molecule has 34 heavy (non-hydrogen) atoms. The van der Waals surface area contributed by atoms with Crippen LogP contribution in [0.15, 0.2) is 53.3 Å². The number of hydrogen-bond acceptors (Lipinski definition) is 6. The Morgan fingerprint density at radius 1 is 0.882 bits per heavy atom. The molecule has 0 fully saturated rings. The topological polar surface area (TPSA) is 84.1 Å². The molecule has 5 rings (SSSR count). The van der Waals surface area contributed by atoms with Gasteiger partial charge in [-0.3, -0.25) is 9.36 Å².